The molecule has 1 aromatic heterocycles. The van der Waals surface area contributed by atoms with Crippen LogP contribution >= 0.6 is 23.1 Å². The van der Waals surface area contributed by atoms with E-state index >= 15 is 0 Å². The van der Waals surface area contributed by atoms with E-state index < -0.39 is 17.7 Å². The molecular weight excluding hydrogens is 574 g/mol. The fraction of sp³-hybridized carbons (Fsp3) is 0.226. The fourth-order valence-electron chi connectivity index (χ4n) is 4.76. The lowest BCUT2D eigenvalue weighted by Gasteiger charge is -2.23. The first-order valence-electron chi connectivity index (χ1n) is 13.5. The fourth-order valence-corrected chi connectivity index (χ4v) is 6.59. The van der Waals surface area contributed by atoms with Gasteiger partial charge in [0.2, 0.25) is 5.13 Å². The Kier molecular flexibility index (Phi) is 8.11. The molecule has 1 N–H and O–H groups in total. The van der Waals surface area contributed by atoms with Crippen molar-refractivity contribution in [2.24, 2.45) is 0 Å². The van der Waals surface area contributed by atoms with Crippen molar-refractivity contribution >= 4 is 45.7 Å². The normalized spacial score (nSPS) is 17.5. The second-order valence-corrected chi connectivity index (χ2v) is 11.8. The van der Waals surface area contributed by atoms with Crippen LogP contribution in [0.2, 0.25) is 0 Å². The Hall–Kier alpha value is -4.35. The molecule has 3 heterocycles. The van der Waals surface area contributed by atoms with Crippen LogP contribution in [0.1, 0.15) is 36.1 Å². The number of rotatable bonds is 9. The summed E-state index contributed by atoms with van der Waals surface area (Å²) in [5, 5.41) is 20.4. The summed E-state index contributed by atoms with van der Waals surface area (Å²) in [6, 6.07) is 21.1. The highest BCUT2D eigenvalue weighted by molar-refractivity contribution is 8.00. The van der Waals surface area contributed by atoms with E-state index in [9.17, 15) is 14.7 Å². The summed E-state index contributed by atoms with van der Waals surface area (Å²) < 4.78 is 17.8. The summed E-state index contributed by atoms with van der Waals surface area (Å²) in [6.45, 7) is 3.31. The summed E-state index contributed by atoms with van der Waals surface area (Å²) in [4.78, 5) is 28.5. The molecule has 0 spiro atoms. The van der Waals surface area contributed by atoms with E-state index in [0.717, 1.165) is 12.0 Å². The number of Topliss-reactive ketones (excluding diaryl/α,β-unsaturated/α-hetero) is 1. The number of aliphatic hydroxyl groups is 1. The van der Waals surface area contributed by atoms with Crippen molar-refractivity contribution in [1.29, 1.82) is 0 Å². The molecule has 0 saturated carbocycles. The van der Waals surface area contributed by atoms with Crippen molar-refractivity contribution < 1.29 is 28.9 Å². The quantitative estimate of drug-likeness (QED) is 0.0810. The maximum absolute atomic E-state index is 13.6. The number of fused-ring (bicyclic) bond motifs is 1. The van der Waals surface area contributed by atoms with Crippen molar-refractivity contribution in [1.82, 2.24) is 10.2 Å². The number of benzene rings is 3. The molecule has 2 aliphatic heterocycles. The van der Waals surface area contributed by atoms with Gasteiger partial charge in [-0.05, 0) is 47.9 Å². The predicted octanol–water partition coefficient (Wildman–Crippen LogP) is 6.02. The molecule has 1 fully saturated rings. The first-order valence-corrected chi connectivity index (χ1v) is 15.3. The number of amides is 1. The monoisotopic (exact) mass is 601 g/mol. The second-order valence-electron chi connectivity index (χ2n) is 9.57. The van der Waals surface area contributed by atoms with E-state index in [1.807, 2.05) is 43.3 Å². The molecule has 0 radical (unpaired) electrons. The lowest BCUT2D eigenvalue weighted by atomic mass is 9.95. The maximum Gasteiger partial charge on any atom is 0.301 e. The van der Waals surface area contributed by atoms with Crippen LogP contribution in [0.5, 0.6) is 17.2 Å². The Labute approximate surface area is 250 Å². The molecule has 3 aromatic carbocycles. The predicted molar refractivity (Wildman–Crippen MR) is 160 cm³/mol. The number of nitrogens with zero attached hydrogens (tertiary/aromatic N) is 3. The van der Waals surface area contributed by atoms with E-state index in [4.69, 9.17) is 14.2 Å². The third kappa shape index (κ3) is 5.57. The lowest BCUT2D eigenvalue weighted by Crippen LogP contribution is -2.29. The van der Waals surface area contributed by atoms with Gasteiger partial charge in [-0.15, -0.1) is 10.2 Å². The van der Waals surface area contributed by atoms with Crippen LogP contribution < -0.4 is 19.1 Å². The van der Waals surface area contributed by atoms with Gasteiger partial charge in [0.05, 0.1) is 18.2 Å². The van der Waals surface area contributed by atoms with E-state index in [1.165, 1.54) is 28.0 Å². The largest absolute Gasteiger partial charge is 0.507 e. The summed E-state index contributed by atoms with van der Waals surface area (Å²) in [5.74, 6) is 0.339. The van der Waals surface area contributed by atoms with Crippen LogP contribution in [0, 0.1) is 0 Å². The van der Waals surface area contributed by atoms with Crippen LogP contribution in [0.3, 0.4) is 0 Å². The Morgan fingerprint density at radius 2 is 1.83 bits per heavy atom. The van der Waals surface area contributed by atoms with Crippen LogP contribution in [-0.2, 0) is 15.3 Å². The lowest BCUT2D eigenvalue weighted by molar-refractivity contribution is -0.132. The molecule has 214 valence electrons. The van der Waals surface area contributed by atoms with Crippen molar-refractivity contribution in [3.63, 3.8) is 0 Å². The van der Waals surface area contributed by atoms with E-state index in [0.29, 0.717) is 58.3 Å². The minimum Gasteiger partial charge on any atom is -0.507 e. The van der Waals surface area contributed by atoms with Gasteiger partial charge in [-0.2, -0.15) is 0 Å². The Bertz CT molecular complexity index is 1660. The zero-order valence-corrected chi connectivity index (χ0v) is 24.3. The van der Waals surface area contributed by atoms with Crippen molar-refractivity contribution in [3.05, 3.63) is 95.1 Å². The Morgan fingerprint density at radius 1 is 1.02 bits per heavy atom. The first-order chi connectivity index (χ1) is 20.5. The van der Waals surface area contributed by atoms with E-state index in [1.54, 1.807) is 36.4 Å². The molecule has 1 atom stereocenters. The molecule has 0 aliphatic carbocycles. The second kappa shape index (κ2) is 12.3. The maximum atomic E-state index is 13.6. The van der Waals surface area contributed by atoms with Gasteiger partial charge in [-0.25, -0.2) is 0 Å². The molecular formula is C31H27N3O6S2. The van der Waals surface area contributed by atoms with Crippen LogP contribution in [0.4, 0.5) is 5.13 Å². The number of aliphatic hydroxyl groups excluding tert-OH is 1. The Morgan fingerprint density at radius 3 is 2.64 bits per heavy atom. The zero-order valence-electron chi connectivity index (χ0n) is 22.7. The highest BCUT2D eigenvalue weighted by Crippen LogP contribution is 2.45. The van der Waals surface area contributed by atoms with Gasteiger partial charge in [0.1, 0.15) is 24.7 Å². The molecule has 42 heavy (non-hydrogen) atoms. The van der Waals surface area contributed by atoms with Crippen molar-refractivity contribution in [3.8, 4) is 17.2 Å². The van der Waals surface area contributed by atoms with Crippen LogP contribution in [-0.4, -0.2) is 46.8 Å². The van der Waals surface area contributed by atoms with E-state index in [-0.39, 0.29) is 16.5 Å². The van der Waals surface area contributed by atoms with Crippen molar-refractivity contribution in [2.75, 3.05) is 24.7 Å². The van der Waals surface area contributed by atoms with Gasteiger partial charge in [0.15, 0.2) is 15.8 Å². The topological polar surface area (TPSA) is 111 Å². The molecule has 0 bridgehead atoms. The average molecular weight is 602 g/mol. The molecule has 1 amide bonds. The summed E-state index contributed by atoms with van der Waals surface area (Å²) >= 11 is 2.72. The van der Waals surface area contributed by atoms with Gasteiger partial charge in [-0.1, -0.05) is 72.5 Å². The summed E-state index contributed by atoms with van der Waals surface area (Å²) in [5.41, 5.74) is 1.99. The zero-order chi connectivity index (χ0) is 29.1. The first kappa shape index (κ1) is 27.8. The number of carbonyl (C=O) groups excluding carboxylic acids is 2. The highest BCUT2D eigenvalue weighted by Gasteiger charge is 2.48. The standard InChI is InChI=1S/C31H27N3O6S2/c1-2-13-38-22-10-6-9-20(16-22)26-25(27(35)21-11-12-23-24(17-21)40-15-14-39-23)28(36)29(37)34(26)30-32-33-31(42-30)41-18-19-7-4-3-5-8-19/h3-12,16-17,26,35H,2,13-15,18H2,1H3/b27-25+/t26-/m1/s1. The number of hydrogen-bond acceptors (Lipinski definition) is 10. The average Bonchev–Trinajstić information content (AvgIpc) is 3.60. The number of ether oxygens (including phenoxy) is 3. The molecule has 9 nitrogen and oxygen atoms in total. The highest BCUT2D eigenvalue weighted by atomic mass is 32.2. The number of hydrogen-bond donors (Lipinski definition) is 1. The van der Waals surface area contributed by atoms with E-state index in [2.05, 4.69) is 10.2 Å². The van der Waals surface area contributed by atoms with Crippen molar-refractivity contribution in [2.45, 2.75) is 29.5 Å². The number of anilines is 1. The summed E-state index contributed by atoms with van der Waals surface area (Å²) in [6.07, 6.45) is 0.820. The SMILES string of the molecule is CCCOc1cccc([C@@H]2/C(=C(\O)c3ccc4c(c3)OCCO4)C(=O)C(=O)N2c2nnc(SCc3ccccc3)s2)c1. The molecule has 6 rings (SSSR count). The van der Waals surface area contributed by atoms with Gasteiger partial charge in [0, 0.05) is 11.3 Å². The third-order valence-electron chi connectivity index (χ3n) is 6.71. The molecule has 2 aliphatic rings. The van der Waals surface area contributed by atoms with Crippen LogP contribution in [0.15, 0.2) is 82.7 Å². The van der Waals surface area contributed by atoms with Gasteiger partial charge < -0.3 is 19.3 Å². The van der Waals surface area contributed by atoms with Gasteiger partial charge in [-0.3, -0.25) is 14.5 Å². The minimum atomic E-state index is -0.955. The Balaban J connectivity index is 1.41. The molecule has 0 unspecified atom stereocenters. The molecule has 11 heteroatoms. The number of aromatic nitrogens is 2. The third-order valence-corrected chi connectivity index (χ3v) is 8.84. The van der Waals surface area contributed by atoms with Gasteiger partial charge >= 0.3 is 5.91 Å². The molecule has 1 saturated heterocycles. The van der Waals surface area contributed by atoms with Crippen LogP contribution in [0.25, 0.3) is 5.76 Å². The minimum absolute atomic E-state index is 0.0574. The van der Waals surface area contributed by atoms with Gasteiger partial charge in [0.25, 0.3) is 5.78 Å². The summed E-state index contributed by atoms with van der Waals surface area (Å²) in [7, 11) is 0. The number of carbonyl (C=O) groups is 2. The number of thioether (sulfide) groups is 1. The number of ketones is 1. The smallest absolute Gasteiger partial charge is 0.301 e. The molecule has 4 aromatic rings.